The second-order valence-electron chi connectivity index (χ2n) is 8.22. The molecule has 1 aromatic heterocycles. The molecule has 3 aromatic carbocycles. The van der Waals surface area contributed by atoms with Gasteiger partial charge in [-0.05, 0) is 53.8 Å². The van der Waals surface area contributed by atoms with Crippen molar-refractivity contribution in [3.63, 3.8) is 0 Å². The van der Waals surface area contributed by atoms with Crippen molar-refractivity contribution in [2.24, 2.45) is 4.99 Å². The first kappa shape index (κ1) is 19.1. The highest BCUT2D eigenvalue weighted by Gasteiger charge is 2.36. The summed E-state index contributed by atoms with van der Waals surface area (Å²) in [6, 6.07) is 23.1. The van der Waals surface area contributed by atoms with Crippen molar-refractivity contribution in [3.05, 3.63) is 83.4 Å². The van der Waals surface area contributed by atoms with Crippen LogP contribution in [-0.2, 0) is 12.8 Å². The number of nitrogens with zero attached hydrogens (tertiary/aromatic N) is 2. The Morgan fingerprint density at radius 3 is 2.78 bits per heavy atom. The third-order valence-corrected chi connectivity index (χ3v) is 7.07. The highest BCUT2D eigenvalue weighted by Crippen LogP contribution is 2.37. The van der Waals surface area contributed by atoms with E-state index in [9.17, 15) is 5.11 Å². The molecule has 0 saturated carbocycles. The number of nitrogens with one attached hydrogen (secondary N) is 3. The van der Waals surface area contributed by atoms with Gasteiger partial charge in [0.25, 0.3) is 0 Å². The van der Waals surface area contributed by atoms with Gasteiger partial charge < -0.3 is 21.1 Å². The van der Waals surface area contributed by atoms with E-state index >= 15 is 0 Å². The molecule has 0 radical (unpaired) electrons. The zero-order valence-corrected chi connectivity index (χ0v) is 18.2. The van der Waals surface area contributed by atoms with Gasteiger partial charge in [0.15, 0.2) is 11.1 Å². The van der Waals surface area contributed by atoms with Gasteiger partial charge in [-0.25, -0.2) is 9.98 Å². The molecular weight excluding hydrogens is 418 g/mol. The normalized spacial score (nSPS) is 18.7. The molecule has 6 rings (SSSR count). The van der Waals surface area contributed by atoms with Crippen molar-refractivity contribution < 1.29 is 5.11 Å². The summed E-state index contributed by atoms with van der Waals surface area (Å²) in [5.41, 5.74) is 5.68. The summed E-state index contributed by atoms with van der Waals surface area (Å²) in [5, 5.41) is 21.1. The Morgan fingerprint density at radius 2 is 1.91 bits per heavy atom. The van der Waals surface area contributed by atoms with Gasteiger partial charge >= 0.3 is 0 Å². The van der Waals surface area contributed by atoms with Gasteiger partial charge in [-0.3, -0.25) is 0 Å². The van der Waals surface area contributed by atoms with E-state index in [1.807, 2.05) is 12.1 Å². The number of thiazole rings is 1. The average molecular weight is 442 g/mol. The molecule has 0 saturated heterocycles. The van der Waals surface area contributed by atoms with E-state index in [4.69, 9.17) is 4.99 Å². The Balaban J connectivity index is 1.05. The number of guanidine groups is 1. The van der Waals surface area contributed by atoms with E-state index in [2.05, 4.69) is 69.5 Å². The van der Waals surface area contributed by atoms with Gasteiger partial charge in [-0.2, -0.15) is 0 Å². The van der Waals surface area contributed by atoms with E-state index < -0.39 is 0 Å². The van der Waals surface area contributed by atoms with E-state index in [0.29, 0.717) is 11.6 Å². The summed E-state index contributed by atoms with van der Waals surface area (Å²) in [7, 11) is 0. The second-order valence-corrected chi connectivity index (χ2v) is 9.25. The standard InChI is InChI=1S/C25H23N5OS/c31-20-6-3-7-21-23(20)30-25(32-21)26-13-12-15-8-10-17(11-9-15)27-24-28-19-14-16-4-1-2-5-18(16)22(19)29-24/h1-11,19,22,31H,12-14H2,(H,26,30)(H2,27,28,29). The molecule has 4 N–H and O–H groups in total. The molecule has 0 bridgehead atoms. The summed E-state index contributed by atoms with van der Waals surface area (Å²) in [6.45, 7) is 0.782. The van der Waals surface area contributed by atoms with Crippen LogP contribution in [0.3, 0.4) is 0 Å². The second kappa shape index (κ2) is 7.84. The molecule has 0 spiro atoms. The fourth-order valence-corrected chi connectivity index (χ4v) is 5.41. The molecule has 2 heterocycles. The van der Waals surface area contributed by atoms with Crippen molar-refractivity contribution in [1.82, 2.24) is 10.3 Å². The molecule has 7 heteroatoms. The lowest BCUT2D eigenvalue weighted by Crippen LogP contribution is -2.34. The number of rotatable bonds is 5. The maximum absolute atomic E-state index is 9.90. The number of phenolic OH excluding ortho intramolecular Hbond substituents is 1. The fraction of sp³-hybridized carbons (Fsp3) is 0.200. The van der Waals surface area contributed by atoms with Crippen LogP contribution >= 0.6 is 11.3 Å². The van der Waals surface area contributed by atoms with Crippen LogP contribution in [0.25, 0.3) is 10.2 Å². The third kappa shape index (κ3) is 3.54. The maximum atomic E-state index is 9.90. The Bertz CT molecular complexity index is 1310. The number of fused-ring (bicyclic) bond motifs is 4. The molecule has 0 amide bonds. The zero-order chi connectivity index (χ0) is 21.5. The minimum atomic E-state index is 0.212. The number of hydrogen-bond acceptors (Lipinski definition) is 7. The predicted molar refractivity (Wildman–Crippen MR) is 131 cm³/mol. The van der Waals surface area contributed by atoms with Crippen molar-refractivity contribution >= 4 is 38.3 Å². The van der Waals surface area contributed by atoms with Gasteiger partial charge in [0.2, 0.25) is 0 Å². The summed E-state index contributed by atoms with van der Waals surface area (Å²) in [5.74, 6) is 1.08. The number of benzene rings is 3. The van der Waals surface area contributed by atoms with Crippen molar-refractivity contribution in [1.29, 1.82) is 0 Å². The minimum Gasteiger partial charge on any atom is -0.506 e. The lowest BCUT2D eigenvalue weighted by molar-refractivity contribution is 0.480. The summed E-state index contributed by atoms with van der Waals surface area (Å²) in [6.07, 6.45) is 1.91. The number of aromatic hydroxyl groups is 1. The minimum absolute atomic E-state index is 0.212. The van der Waals surface area contributed by atoms with E-state index in [0.717, 1.165) is 40.9 Å². The largest absolute Gasteiger partial charge is 0.506 e. The number of aliphatic imine (C=N–C) groups is 1. The highest BCUT2D eigenvalue weighted by molar-refractivity contribution is 7.22. The van der Waals surface area contributed by atoms with Crippen LogP contribution < -0.4 is 16.0 Å². The Hall–Kier alpha value is -3.58. The molecule has 32 heavy (non-hydrogen) atoms. The first-order valence-electron chi connectivity index (χ1n) is 10.8. The third-order valence-electron chi connectivity index (χ3n) is 6.09. The monoisotopic (exact) mass is 441 g/mol. The molecule has 1 aliphatic heterocycles. The van der Waals surface area contributed by atoms with Crippen LogP contribution in [0.5, 0.6) is 5.75 Å². The first-order valence-corrected chi connectivity index (χ1v) is 11.6. The van der Waals surface area contributed by atoms with Gasteiger partial charge in [-0.1, -0.05) is 53.8 Å². The Kier molecular flexibility index (Phi) is 4.69. The molecule has 0 fully saturated rings. The van der Waals surface area contributed by atoms with Gasteiger partial charge in [0.05, 0.1) is 16.8 Å². The Morgan fingerprint density at radius 1 is 1.03 bits per heavy atom. The molecule has 2 aliphatic rings. The topological polar surface area (TPSA) is 81.6 Å². The van der Waals surface area contributed by atoms with Crippen molar-refractivity contribution in [2.75, 3.05) is 17.2 Å². The van der Waals surface area contributed by atoms with Gasteiger partial charge in [0, 0.05) is 12.2 Å². The lowest BCUT2D eigenvalue weighted by Gasteiger charge is -2.11. The smallest absolute Gasteiger partial charge is 0.196 e. The van der Waals surface area contributed by atoms with E-state index in [1.54, 1.807) is 17.4 Å². The molecule has 2 unspecified atom stereocenters. The summed E-state index contributed by atoms with van der Waals surface area (Å²) < 4.78 is 0.985. The number of aromatic nitrogens is 1. The van der Waals surface area contributed by atoms with Crippen molar-refractivity contribution in [3.8, 4) is 5.75 Å². The van der Waals surface area contributed by atoms with Crippen LogP contribution in [0.1, 0.15) is 22.7 Å². The number of para-hydroxylation sites is 1. The lowest BCUT2D eigenvalue weighted by atomic mass is 10.1. The van der Waals surface area contributed by atoms with Crippen molar-refractivity contribution in [2.45, 2.75) is 24.9 Å². The number of hydrogen-bond donors (Lipinski definition) is 4. The molecule has 4 aromatic rings. The van der Waals surface area contributed by atoms with Crippen LogP contribution in [0.15, 0.2) is 71.7 Å². The van der Waals surface area contributed by atoms with Crippen LogP contribution in [0.4, 0.5) is 10.8 Å². The maximum Gasteiger partial charge on any atom is 0.196 e. The average Bonchev–Trinajstić information content (AvgIpc) is 3.48. The van der Waals surface area contributed by atoms with E-state index in [-0.39, 0.29) is 11.8 Å². The van der Waals surface area contributed by atoms with Crippen LogP contribution in [-0.4, -0.2) is 28.6 Å². The van der Waals surface area contributed by atoms with Gasteiger partial charge in [-0.15, -0.1) is 0 Å². The predicted octanol–water partition coefficient (Wildman–Crippen LogP) is 4.69. The van der Waals surface area contributed by atoms with Gasteiger partial charge in [0.1, 0.15) is 11.3 Å². The molecular formula is C25H23N5OS. The zero-order valence-electron chi connectivity index (χ0n) is 17.4. The SMILES string of the molecule is Oc1cccc2sc(NCCc3ccc(NC4=NC5c6ccccc6CC5N4)cc3)nc12. The Labute approximate surface area is 190 Å². The number of anilines is 2. The number of phenols is 1. The van der Waals surface area contributed by atoms with Crippen LogP contribution in [0.2, 0.25) is 0 Å². The highest BCUT2D eigenvalue weighted by atomic mass is 32.1. The summed E-state index contributed by atoms with van der Waals surface area (Å²) in [4.78, 5) is 9.36. The fourth-order valence-electron chi connectivity index (χ4n) is 4.50. The molecule has 6 nitrogen and oxygen atoms in total. The quantitative estimate of drug-likeness (QED) is 0.361. The first-order chi connectivity index (χ1) is 15.7. The molecule has 160 valence electrons. The summed E-state index contributed by atoms with van der Waals surface area (Å²) >= 11 is 1.56. The molecule has 2 atom stereocenters. The van der Waals surface area contributed by atoms with Crippen LogP contribution in [0, 0.1) is 0 Å². The molecule has 1 aliphatic carbocycles. The van der Waals surface area contributed by atoms with E-state index in [1.165, 1.54) is 16.7 Å².